The molecule has 2 heterocycles. The summed E-state index contributed by atoms with van der Waals surface area (Å²) in [6, 6.07) is 67.5. The Morgan fingerprint density at radius 2 is 0.830 bits per heavy atom. The Balaban J connectivity index is 1.09. The first-order valence-corrected chi connectivity index (χ1v) is 17.8. The molecule has 4 nitrogen and oxygen atoms in total. The van der Waals surface area contributed by atoms with E-state index in [9.17, 15) is 0 Å². The Morgan fingerprint density at radius 1 is 0.377 bits per heavy atom. The number of benzene rings is 8. The summed E-state index contributed by atoms with van der Waals surface area (Å²) in [7, 11) is 0. The van der Waals surface area contributed by atoms with E-state index in [4.69, 9.17) is 13.8 Å². The van der Waals surface area contributed by atoms with Crippen LogP contribution < -0.4 is 4.90 Å². The van der Waals surface area contributed by atoms with Crippen molar-refractivity contribution in [1.29, 1.82) is 0 Å². The van der Waals surface area contributed by atoms with Crippen molar-refractivity contribution in [3.8, 4) is 44.8 Å². The molecule has 0 spiro atoms. The highest BCUT2D eigenvalue weighted by Crippen LogP contribution is 2.43. The molecule has 0 aliphatic rings. The van der Waals surface area contributed by atoms with Crippen LogP contribution in [0.5, 0.6) is 0 Å². The number of hydrogen-bond donors (Lipinski definition) is 0. The van der Waals surface area contributed by atoms with Gasteiger partial charge < -0.3 is 13.7 Å². The summed E-state index contributed by atoms with van der Waals surface area (Å²) in [6.45, 7) is 0. The molecule has 0 N–H and O–H groups in total. The highest BCUT2D eigenvalue weighted by molar-refractivity contribution is 6.19. The second-order valence-electron chi connectivity index (χ2n) is 13.2. The monoisotopic (exact) mass is 680 g/mol. The number of aromatic nitrogens is 1. The van der Waals surface area contributed by atoms with Gasteiger partial charge in [0.1, 0.15) is 16.7 Å². The van der Waals surface area contributed by atoms with Crippen LogP contribution in [-0.2, 0) is 0 Å². The van der Waals surface area contributed by atoms with Crippen molar-refractivity contribution >= 4 is 50.1 Å². The van der Waals surface area contributed by atoms with Crippen LogP contribution in [0.2, 0.25) is 0 Å². The maximum Gasteiger partial charge on any atom is 0.227 e. The normalized spacial score (nSPS) is 11.4. The van der Waals surface area contributed by atoms with E-state index in [1.54, 1.807) is 0 Å². The molecular formula is C49H32N2O2. The first kappa shape index (κ1) is 30.6. The van der Waals surface area contributed by atoms with Crippen LogP contribution in [0.1, 0.15) is 0 Å². The Kier molecular flexibility index (Phi) is 7.43. The SMILES string of the molecule is c1ccc(-c2ccc(N(c3ccc(-c4ccccc4)cc3)c3ccc(-c4cc5oc6ccccc6c5c5nc(-c6ccccc6)oc45)cc3)cc2)cc1. The zero-order valence-electron chi connectivity index (χ0n) is 28.7. The van der Waals surface area contributed by atoms with Gasteiger partial charge in [-0.1, -0.05) is 133 Å². The lowest BCUT2D eigenvalue weighted by atomic mass is 10.0. The minimum atomic E-state index is 0.584. The van der Waals surface area contributed by atoms with E-state index in [0.29, 0.717) is 5.89 Å². The van der Waals surface area contributed by atoms with Crippen molar-refractivity contribution in [3.63, 3.8) is 0 Å². The molecule has 2 aromatic heterocycles. The zero-order chi connectivity index (χ0) is 35.1. The highest BCUT2D eigenvalue weighted by Gasteiger charge is 2.21. The number of oxazole rings is 1. The lowest BCUT2D eigenvalue weighted by Crippen LogP contribution is -2.09. The minimum absolute atomic E-state index is 0.584. The van der Waals surface area contributed by atoms with E-state index >= 15 is 0 Å². The number of fused-ring (bicyclic) bond motifs is 5. The molecule has 0 unspecified atom stereocenters. The molecule has 0 aliphatic carbocycles. The lowest BCUT2D eigenvalue weighted by Gasteiger charge is -2.26. The first-order valence-electron chi connectivity index (χ1n) is 17.8. The molecule has 10 aromatic rings. The van der Waals surface area contributed by atoms with E-state index < -0.39 is 0 Å². The molecule has 0 saturated heterocycles. The van der Waals surface area contributed by atoms with Gasteiger partial charge in [-0.3, -0.25) is 0 Å². The third-order valence-electron chi connectivity index (χ3n) is 9.93. The molecule has 250 valence electrons. The topological polar surface area (TPSA) is 42.4 Å². The molecular weight excluding hydrogens is 649 g/mol. The number of hydrogen-bond acceptors (Lipinski definition) is 4. The number of furan rings is 1. The predicted octanol–water partition coefficient (Wildman–Crippen LogP) is 13.9. The standard InChI is InChI=1S/C49H32N2O2/c1-4-12-33(13-5-1)35-20-26-39(27-21-35)51(40-28-22-36(23-29-40)34-14-6-2-7-15-34)41-30-24-37(25-31-41)43-32-45-46(42-18-10-11-19-44(42)52-45)47-48(43)53-49(50-47)38-16-8-3-9-17-38/h1-32H. The Bertz CT molecular complexity index is 2760. The summed E-state index contributed by atoms with van der Waals surface area (Å²) in [5, 5.41) is 1.99. The second-order valence-corrected chi connectivity index (χ2v) is 13.2. The van der Waals surface area contributed by atoms with E-state index in [2.05, 4.69) is 138 Å². The van der Waals surface area contributed by atoms with Gasteiger partial charge in [-0.15, -0.1) is 0 Å². The van der Waals surface area contributed by atoms with Crippen LogP contribution >= 0.6 is 0 Å². The first-order chi connectivity index (χ1) is 26.3. The van der Waals surface area contributed by atoms with Gasteiger partial charge in [0.05, 0.1) is 5.39 Å². The third-order valence-corrected chi connectivity index (χ3v) is 9.93. The van der Waals surface area contributed by atoms with E-state index in [0.717, 1.165) is 66.8 Å². The zero-order valence-corrected chi connectivity index (χ0v) is 28.7. The van der Waals surface area contributed by atoms with Gasteiger partial charge in [-0.05, 0) is 88.5 Å². The fourth-order valence-electron chi connectivity index (χ4n) is 7.30. The fourth-order valence-corrected chi connectivity index (χ4v) is 7.30. The lowest BCUT2D eigenvalue weighted by molar-refractivity contribution is 0.620. The summed E-state index contributed by atoms with van der Waals surface area (Å²) in [5.74, 6) is 0.584. The van der Waals surface area contributed by atoms with Crippen LogP contribution in [-0.4, -0.2) is 4.98 Å². The molecule has 0 aliphatic heterocycles. The van der Waals surface area contributed by atoms with Crippen LogP contribution in [0.3, 0.4) is 0 Å². The van der Waals surface area contributed by atoms with Crippen LogP contribution in [0.25, 0.3) is 77.9 Å². The van der Waals surface area contributed by atoms with Gasteiger partial charge in [-0.2, -0.15) is 0 Å². The van der Waals surface area contributed by atoms with Gasteiger partial charge in [0, 0.05) is 33.6 Å². The van der Waals surface area contributed by atoms with Crippen molar-refractivity contribution in [2.45, 2.75) is 0 Å². The summed E-state index contributed by atoms with van der Waals surface area (Å²) >= 11 is 0. The quantitative estimate of drug-likeness (QED) is 0.168. The summed E-state index contributed by atoms with van der Waals surface area (Å²) in [4.78, 5) is 7.37. The van der Waals surface area contributed by atoms with Crippen LogP contribution in [0.4, 0.5) is 17.1 Å². The van der Waals surface area contributed by atoms with Crippen molar-refractivity contribution < 1.29 is 8.83 Å². The molecule has 0 atom stereocenters. The van der Waals surface area contributed by atoms with Crippen molar-refractivity contribution in [2.24, 2.45) is 0 Å². The molecule has 4 heteroatoms. The third kappa shape index (κ3) is 5.54. The van der Waals surface area contributed by atoms with Gasteiger partial charge >= 0.3 is 0 Å². The molecule has 0 amide bonds. The fraction of sp³-hybridized carbons (Fsp3) is 0. The number of rotatable bonds is 7. The Hall–Kier alpha value is -7.17. The van der Waals surface area contributed by atoms with E-state index in [1.807, 2.05) is 60.7 Å². The van der Waals surface area contributed by atoms with Gasteiger partial charge in [-0.25, -0.2) is 4.98 Å². The number of para-hydroxylation sites is 1. The second kappa shape index (κ2) is 12.9. The average molecular weight is 681 g/mol. The van der Waals surface area contributed by atoms with Crippen LogP contribution in [0, 0.1) is 0 Å². The smallest absolute Gasteiger partial charge is 0.227 e. The van der Waals surface area contributed by atoms with Gasteiger partial charge in [0.2, 0.25) is 5.89 Å². The Labute approximate surface area is 306 Å². The molecule has 0 bridgehead atoms. The maximum absolute atomic E-state index is 6.61. The molecule has 0 radical (unpaired) electrons. The Morgan fingerprint density at radius 3 is 1.38 bits per heavy atom. The number of nitrogens with zero attached hydrogens (tertiary/aromatic N) is 2. The van der Waals surface area contributed by atoms with Crippen molar-refractivity contribution in [2.75, 3.05) is 4.90 Å². The maximum atomic E-state index is 6.61. The molecule has 53 heavy (non-hydrogen) atoms. The average Bonchev–Trinajstić information content (AvgIpc) is 3.85. The summed E-state index contributed by atoms with van der Waals surface area (Å²) < 4.78 is 13.0. The van der Waals surface area contributed by atoms with Crippen molar-refractivity contribution in [3.05, 3.63) is 194 Å². The predicted molar refractivity (Wildman–Crippen MR) is 218 cm³/mol. The molecule has 0 saturated carbocycles. The molecule has 10 rings (SSSR count). The minimum Gasteiger partial charge on any atom is -0.456 e. The number of anilines is 3. The van der Waals surface area contributed by atoms with Crippen molar-refractivity contribution in [1.82, 2.24) is 4.98 Å². The summed E-state index contributed by atoms with van der Waals surface area (Å²) in [5.41, 5.74) is 13.9. The van der Waals surface area contributed by atoms with Gasteiger partial charge in [0.25, 0.3) is 0 Å². The molecule has 0 fully saturated rings. The van der Waals surface area contributed by atoms with Crippen LogP contribution in [0.15, 0.2) is 203 Å². The van der Waals surface area contributed by atoms with Gasteiger partial charge in [0.15, 0.2) is 5.58 Å². The molecule has 8 aromatic carbocycles. The van der Waals surface area contributed by atoms with E-state index in [-0.39, 0.29) is 0 Å². The largest absolute Gasteiger partial charge is 0.456 e. The summed E-state index contributed by atoms with van der Waals surface area (Å²) in [6.07, 6.45) is 0. The van der Waals surface area contributed by atoms with E-state index in [1.165, 1.54) is 22.3 Å². The highest BCUT2D eigenvalue weighted by atomic mass is 16.4.